The molecule has 7 nitrogen and oxygen atoms in total. The third kappa shape index (κ3) is 4.97. The Morgan fingerprint density at radius 3 is 2.44 bits per heavy atom. The van der Waals surface area contributed by atoms with Crippen LogP contribution in [0.4, 0.5) is 19.0 Å². The van der Waals surface area contributed by atoms with Crippen LogP contribution in [0.25, 0.3) is 10.1 Å². The van der Waals surface area contributed by atoms with Gasteiger partial charge in [0.15, 0.2) is 15.9 Å². The summed E-state index contributed by atoms with van der Waals surface area (Å²) >= 11 is 1.39. The predicted octanol–water partition coefficient (Wildman–Crippen LogP) is 3.99. The largest absolute Gasteiger partial charge is 0.480 e. The molecule has 1 fully saturated rings. The fraction of sp³-hybridized carbons (Fsp3) is 0.364. The van der Waals surface area contributed by atoms with Gasteiger partial charge in [0, 0.05) is 37.8 Å². The first kappa shape index (κ1) is 24.3. The normalized spacial score (nSPS) is 16.0. The number of anilines is 1. The molecule has 0 bridgehead atoms. The Kier molecular flexibility index (Phi) is 6.47. The van der Waals surface area contributed by atoms with E-state index >= 15 is 0 Å². The van der Waals surface area contributed by atoms with E-state index in [0.717, 1.165) is 47.3 Å². The van der Waals surface area contributed by atoms with Gasteiger partial charge in [0.1, 0.15) is 11.6 Å². The van der Waals surface area contributed by atoms with Crippen LogP contribution >= 0.6 is 11.5 Å². The Balaban J connectivity index is 1.57. The number of ether oxygens (including phenoxy) is 1. The molecule has 2 heterocycles. The molecule has 34 heavy (non-hydrogen) atoms. The maximum absolute atomic E-state index is 13.3. The molecule has 0 aliphatic carbocycles. The first-order chi connectivity index (χ1) is 15.9. The van der Waals surface area contributed by atoms with Crippen LogP contribution in [0.15, 0.2) is 47.4 Å². The van der Waals surface area contributed by atoms with Gasteiger partial charge in [-0.1, -0.05) is 12.1 Å². The number of aromatic nitrogens is 1. The van der Waals surface area contributed by atoms with E-state index in [1.807, 2.05) is 24.3 Å². The lowest BCUT2D eigenvalue weighted by Gasteiger charge is -2.35. The van der Waals surface area contributed by atoms with E-state index in [4.69, 9.17) is 4.74 Å². The van der Waals surface area contributed by atoms with Crippen molar-refractivity contribution in [1.29, 1.82) is 0 Å². The molecular formula is C22H22F3N3O4S2. The molecule has 1 aromatic heterocycles. The van der Waals surface area contributed by atoms with Crippen LogP contribution in [0.2, 0.25) is 0 Å². The minimum Gasteiger partial charge on any atom is -0.480 e. The summed E-state index contributed by atoms with van der Waals surface area (Å²) in [5.41, 5.74) is -0.216. The van der Waals surface area contributed by atoms with E-state index in [9.17, 15) is 26.4 Å². The van der Waals surface area contributed by atoms with E-state index < -0.39 is 28.0 Å². The molecular weight excluding hydrogens is 491 g/mol. The van der Waals surface area contributed by atoms with Gasteiger partial charge in [0.05, 0.1) is 15.2 Å². The van der Waals surface area contributed by atoms with Crippen molar-refractivity contribution in [3.05, 3.63) is 48.0 Å². The third-order valence-electron chi connectivity index (χ3n) is 5.60. The number of halogens is 3. The zero-order chi connectivity index (χ0) is 24.7. The van der Waals surface area contributed by atoms with Crippen LogP contribution in [0, 0.1) is 0 Å². The van der Waals surface area contributed by atoms with Crippen molar-refractivity contribution in [3.8, 4) is 5.75 Å². The number of nitrogens with zero attached hydrogens (tertiary/aromatic N) is 3. The summed E-state index contributed by atoms with van der Waals surface area (Å²) in [6.07, 6.45) is -5.85. The fourth-order valence-electron chi connectivity index (χ4n) is 3.66. The van der Waals surface area contributed by atoms with Crippen molar-refractivity contribution in [2.24, 2.45) is 0 Å². The molecule has 0 saturated carbocycles. The number of alkyl halides is 3. The molecule has 1 aliphatic heterocycles. The number of piperazine rings is 1. The van der Waals surface area contributed by atoms with Crippen molar-refractivity contribution < 1.29 is 31.1 Å². The second-order valence-electron chi connectivity index (χ2n) is 8.01. The highest BCUT2D eigenvalue weighted by Crippen LogP contribution is 2.32. The van der Waals surface area contributed by atoms with Crippen molar-refractivity contribution in [2.45, 2.75) is 24.1 Å². The topological polar surface area (TPSA) is 79.8 Å². The highest BCUT2D eigenvalue weighted by atomic mass is 32.2. The molecule has 1 atom stereocenters. The monoisotopic (exact) mass is 513 g/mol. The molecule has 0 N–H and O–H groups in total. The SMILES string of the molecule is CC(Oc1ccc(S(C)(=O)=O)cc1C(=O)N1CCN(c2nsc3ccccc23)CC1)C(F)(F)F. The van der Waals surface area contributed by atoms with E-state index in [1.165, 1.54) is 16.4 Å². The molecule has 3 aromatic rings. The van der Waals surface area contributed by atoms with Gasteiger partial charge < -0.3 is 14.5 Å². The van der Waals surface area contributed by atoms with E-state index in [1.54, 1.807) is 0 Å². The van der Waals surface area contributed by atoms with Gasteiger partial charge in [-0.05, 0) is 48.8 Å². The summed E-state index contributed by atoms with van der Waals surface area (Å²) in [7, 11) is -3.69. The second kappa shape index (κ2) is 9.06. The number of fused-ring (bicyclic) bond motifs is 1. The summed E-state index contributed by atoms with van der Waals surface area (Å²) < 4.78 is 73.8. The summed E-state index contributed by atoms with van der Waals surface area (Å²) in [5.74, 6) is -0.0670. The molecule has 0 spiro atoms. The summed E-state index contributed by atoms with van der Waals surface area (Å²) in [6, 6.07) is 11.1. The fourth-order valence-corrected chi connectivity index (χ4v) is 5.10. The number of carbonyl (C=O) groups is 1. The Labute approximate surface area is 198 Å². The van der Waals surface area contributed by atoms with Gasteiger partial charge in [-0.3, -0.25) is 4.79 Å². The molecule has 1 saturated heterocycles. The van der Waals surface area contributed by atoms with E-state index in [-0.39, 0.29) is 16.2 Å². The van der Waals surface area contributed by atoms with Gasteiger partial charge in [-0.25, -0.2) is 8.42 Å². The van der Waals surface area contributed by atoms with Crippen LogP contribution in [0.3, 0.4) is 0 Å². The molecule has 0 radical (unpaired) electrons. The lowest BCUT2D eigenvalue weighted by molar-refractivity contribution is -0.189. The molecule has 1 amide bonds. The number of amides is 1. The van der Waals surface area contributed by atoms with Gasteiger partial charge >= 0.3 is 6.18 Å². The van der Waals surface area contributed by atoms with Gasteiger partial charge in [-0.2, -0.15) is 17.5 Å². The quantitative estimate of drug-likeness (QED) is 0.513. The lowest BCUT2D eigenvalue weighted by atomic mass is 10.1. The number of benzene rings is 2. The number of hydrogen-bond donors (Lipinski definition) is 0. The number of rotatable bonds is 5. The van der Waals surface area contributed by atoms with Crippen LogP contribution in [0.5, 0.6) is 5.75 Å². The average Bonchev–Trinajstić information content (AvgIpc) is 3.22. The number of hydrogen-bond acceptors (Lipinski definition) is 7. The highest BCUT2D eigenvalue weighted by molar-refractivity contribution is 7.90. The van der Waals surface area contributed by atoms with Crippen molar-refractivity contribution >= 4 is 43.2 Å². The first-order valence-electron chi connectivity index (χ1n) is 10.4. The van der Waals surface area contributed by atoms with Crippen molar-refractivity contribution in [3.63, 3.8) is 0 Å². The third-order valence-corrected chi connectivity index (χ3v) is 7.53. The Morgan fingerprint density at radius 1 is 1.12 bits per heavy atom. The minimum absolute atomic E-state index is 0.171. The highest BCUT2D eigenvalue weighted by Gasteiger charge is 2.39. The van der Waals surface area contributed by atoms with Crippen molar-refractivity contribution in [1.82, 2.24) is 9.27 Å². The zero-order valence-electron chi connectivity index (χ0n) is 18.4. The number of carbonyl (C=O) groups excluding carboxylic acids is 1. The Hall–Kier alpha value is -2.86. The van der Waals surface area contributed by atoms with Crippen LogP contribution in [-0.4, -0.2) is 68.3 Å². The van der Waals surface area contributed by atoms with Crippen LogP contribution in [0.1, 0.15) is 17.3 Å². The molecule has 2 aromatic carbocycles. The smallest absolute Gasteiger partial charge is 0.425 e. The standard InChI is InChI=1S/C22H22F3N3O4S2/c1-14(22(23,24)25)32-18-8-7-15(34(2,30)31)13-17(18)21(29)28-11-9-27(10-12-28)20-16-5-3-4-6-19(16)33-26-20/h3-8,13-14H,9-12H2,1-2H3. The molecule has 4 rings (SSSR count). The molecule has 1 aliphatic rings. The Morgan fingerprint density at radius 2 is 1.79 bits per heavy atom. The van der Waals surface area contributed by atoms with E-state index in [0.29, 0.717) is 26.2 Å². The summed E-state index contributed by atoms with van der Waals surface area (Å²) in [5, 5.41) is 1.02. The lowest BCUT2D eigenvalue weighted by Crippen LogP contribution is -2.49. The molecule has 1 unspecified atom stereocenters. The van der Waals surface area contributed by atoms with Crippen LogP contribution < -0.4 is 9.64 Å². The maximum Gasteiger partial charge on any atom is 0.425 e. The van der Waals surface area contributed by atoms with Gasteiger partial charge in [0.2, 0.25) is 0 Å². The minimum atomic E-state index is -4.64. The van der Waals surface area contributed by atoms with Gasteiger partial charge in [-0.15, -0.1) is 0 Å². The first-order valence-corrected chi connectivity index (χ1v) is 13.1. The molecule has 182 valence electrons. The average molecular weight is 514 g/mol. The van der Waals surface area contributed by atoms with Gasteiger partial charge in [0.25, 0.3) is 5.91 Å². The van der Waals surface area contributed by atoms with Crippen LogP contribution in [-0.2, 0) is 9.84 Å². The zero-order valence-corrected chi connectivity index (χ0v) is 20.0. The summed E-state index contributed by atoms with van der Waals surface area (Å²) in [4.78, 5) is 16.6. The van der Waals surface area contributed by atoms with E-state index in [2.05, 4.69) is 9.27 Å². The second-order valence-corrected chi connectivity index (χ2v) is 10.8. The molecule has 12 heteroatoms. The summed E-state index contributed by atoms with van der Waals surface area (Å²) in [6.45, 7) is 2.36. The maximum atomic E-state index is 13.3. The Bertz CT molecular complexity index is 1320. The van der Waals surface area contributed by atoms with Crippen molar-refractivity contribution in [2.75, 3.05) is 37.3 Å². The predicted molar refractivity (Wildman–Crippen MR) is 123 cm³/mol. The number of sulfone groups is 1.